The zero-order valence-electron chi connectivity index (χ0n) is 18.2. The second kappa shape index (κ2) is 11.9. The van der Waals surface area contributed by atoms with Crippen LogP contribution < -0.4 is 10.6 Å². The van der Waals surface area contributed by atoms with Crippen molar-refractivity contribution >= 4 is 27.3 Å². The molecule has 29 heavy (non-hydrogen) atoms. The van der Waals surface area contributed by atoms with Crippen molar-refractivity contribution in [3.8, 4) is 0 Å². The first kappa shape index (κ1) is 24.1. The average molecular weight is 444 g/mol. The summed E-state index contributed by atoms with van der Waals surface area (Å²) >= 11 is 1.83. The van der Waals surface area contributed by atoms with Crippen molar-refractivity contribution in [2.24, 2.45) is 10.9 Å². The van der Waals surface area contributed by atoms with Crippen LogP contribution in [0.25, 0.3) is 0 Å². The molecule has 0 spiro atoms. The van der Waals surface area contributed by atoms with E-state index < -0.39 is 10.0 Å². The predicted octanol–water partition coefficient (Wildman–Crippen LogP) is 2.36. The number of guanidine groups is 1. The molecule has 2 rings (SSSR count). The summed E-state index contributed by atoms with van der Waals surface area (Å²) in [5.41, 5.74) is 0. The third kappa shape index (κ3) is 7.24. The van der Waals surface area contributed by atoms with E-state index in [1.807, 2.05) is 11.3 Å². The van der Waals surface area contributed by atoms with Gasteiger partial charge < -0.3 is 10.6 Å². The third-order valence-corrected chi connectivity index (χ3v) is 8.26. The summed E-state index contributed by atoms with van der Waals surface area (Å²) in [6.07, 6.45) is 3.14. The van der Waals surface area contributed by atoms with Crippen LogP contribution in [0.15, 0.2) is 22.5 Å². The minimum atomic E-state index is -3.11. The number of thiophene rings is 1. The second-order valence-corrected chi connectivity index (χ2v) is 10.9. The van der Waals surface area contributed by atoms with Crippen LogP contribution in [0.3, 0.4) is 0 Å². The highest BCUT2D eigenvalue weighted by Gasteiger charge is 2.31. The lowest BCUT2D eigenvalue weighted by molar-refractivity contribution is 0.128. The van der Waals surface area contributed by atoms with Gasteiger partial charge in [-0.15, -0.1) is 11.3 Å². The smallest absolute Gasteiger partial charge is 0.213 e. The Labute approximate surface area is 180 Å². The van der Waals surface area contributed by atoms with Crippen molar-refractivity contribution < 1.29 is 8.42 Å². The highest BCUT2D eigenvalue weighted by Crippen LogP contribution is 2.37. The first-order valence-corrected chi connectivity index (χ1v) is 13.1. The van der Waals surface area contributed by atoms with E-state index in [1.54, 1.807) is 14.0 Å². The van der Waals surface area contributed by atoms with E-state index in [0.717, 1.165) is 32.0 Å². The van der Waals surface area contributed by atoms with Gasteiger partial charge in [-0.1, -0.05) is 6.07 Å². The van der Waals surface area contributed by atoms with Crippen molar-refractivity contribution in [3.63, 3.8) is 0 Å². The molecule has 1 fully saturated rings. The number of hydrogen-bond acceptors (Lipinski definition) is 5. The molecule has 7 nitrogen and oxygen atoms in total. The van der Waals surface area contributed by atoms with Gasteiger partial charge in [-0.3, -0.25) is 9.89 Å². The number of aliphatic imine (C=N–C) groups is 1. The minimum Gasteiger partial charge on any atom is -0.357 e. The summed E-state index contributed by atoms with van der Waals surface area (Å²) in [4.78, 5) is 8.73. The van der Waals surface area contributed by atoms with E-state index in [-0.39, 0.29) is 5.75 Å². The molecule has 1 aromatic heterocycles. The number of piperidine rings is 1. The van der Waals surface area contributed by atoms with E-state index >= 15 is 0 Å². The molecule has 1 aromatic rings. The Kier molecular flexibility index (Phi) is 9.88. The van der Waals surface area contributed by atoms with E-state index in [1.165, 1.54) is 22.0 Å². The Morgan fingerprint density at radius 1 is 1.38 bits per heavy atom. The van der Waals surface area contributed by atoms with E-state index in [0.29, 0.717) is 25.0 Å². The summed E-state index contributed by atoms with van der Waals surface area (Å²) in [5, 5.41) is 8.81. The van der Waals surface area contributed by atoms with E-state index in [9.17, 15) is 8.42 Å². The average Bonchev–Trinajstić information content (AvgIpc) is 3.23. The molecule has 2 heterocycles. The van der Waals surface area contributed by atoms with Gasteiger partial charge in [0.2, 0.25) is 10.0 Å². The molecule has 0 aliphatic carbocycles. The number of hydrogen-bond donors (Lipinski definition) is 2. The first-order valence-electron chi connectivity index (χ1n) is 10.6. The summed E-state index contributed by atoms with van der Waals surface area (Å²) < 4.78 is 25.1. The SMILES string of the molecule is CCNC(=NCC1CCCN(C)C1c1cccs1)NCCCN(C)S(=O)(=O)CC. The predicted molar refractivity (Wildman–Crippen MR) is 123 cm³/mol. The van der Waals surface area contributed by atoms with Crippen molar-refractivity contribution in [2.45, 2.75) is 39.2 Å². The molecule has 2 unspecified atom stereocenters. The van der Waals surface area contributed by atoms with Gasteiger partial charge in [-0.05, 0) is 64.1 Å². The van der Waals surface area contributed by atoms with Crippen LogP contribution >= 0.6 is 11.3 Å². The summed E-state index contributed by atoms with van der Waals surface area (Å²) in [7, 11) is 0.743. The molecule has 1 aliphatic heterocycles. The molecule has 1 aliphatic rings. The zero-order chi connectivity index (χ0) is 21.3. The van der Waals surface area contributed by atoms with Crippen molar-refractivity contribution in [2.75, 3.05) is 52.6 Å². The van der Waals surface area contributed by atoms with Crippen molar-refractivity contribution in [1.82, 2.24) is 19.8 Å². The van der Waals surface area contributed by atoms with Crippen molar-refractivity contribution in [1.29, 1.82) is 0 Å². The topological polar surface area (TPSA) is 77.0 Å². The van der Waals surface area contributed by atoms with Crippen LogP contribution in [0.5, 0.6) is 0 Å². The number of rotatable bonds is 10. The molecule has 0 aromatic carbocycles. The minimum absolute atomic E-state index is 0.141. The lowest BCUT2D eigenvalue weighted by atomic mass is 9.88. The Hall–Kier alpha value is -1.16. The van der Waals surface area contributed by atoms with Crippen LogP contribution in [0.4, 0.5) is 0 Å². The number of nitrogens with zero attached hydrogens (tertiary/aromatic N) is 3. The highest BCUT2D eigenvalue weighted by atomic mass is 32.2. The lowest BCUT2D eigenvalue weighted by Gasteiger charge is -2.38. The van der Waals surface area contributed by atoms with Crippen molar-refractivity contribution in [3.05, 3.63) is 22.4 Å². The number of nitrogens with one attached hydrogen (secondary N) is 2. The molecule has 2 N–H and O–H groups in total. The fourth-order valence-corrected chi connectivity index (χ4v) is 5.61. The molecule has 0 radical (unpaired) electrons. The van der Waals surface area contributed by atoms with Gasteiger partial charge in [0, 0.05) is 44.1 Å². The maximum Gasteiger partial charge on any atom is 0.213 e. The molecule has 2 atom stereocenters. The fourth-order valence-electron chi connectivity index (χ4n) is 3.78. The summed E-state index contributed by atoms with van der Waals surface area (Å²) in [6.45, 7) is 7.65. The first-order chi connectivity index (χ1) is 13.9. The van der Waals surface area contributed by atoms with Crippen LogP contribution in [0.1, 0.15) is 44.0 Å². The lowest BCUT2D eigenvalue weighted by Crippen LogP contribution is -2.41. The highest BCUT2D eigenvalue weighted by molar-refractivity contribution is 7.89. The molecule has 0 bridgehead atoms. The maximum absolute atomic E-state index is 11.8. The zero-order valence-corrected chi connectivity index (χ0v) is 19.9. The number of sulfonamides is 1. The Morgan fingerprint density at radius 3 is 2.83 bits per heavy atom. The molecule has 166 valence electrons. The monoisotopic (exact) mass is 443 g/mol. The van der Waals surface area contributed by atoms with Gasteiger partial charge in [-0.2, -0.15) is 0 Å². The molecule has 0 saturated carbocycles. The molecule has 1 saturated heterocycles. The fraction of sp³-hybridized carbons (Fsp3) is 0.750. The second-order valence-electron chi connectivity index (χ2n) is 7.57. The molecular formula is C20H37N5O2S2. The maximum atomic E-state index is 11.8. The van der Waals surface area contributed by atoms with Gasteiger partial charge in [0.05, 0.1) is 5.75 Å². The molecular weight excluding hydrogens is 406 g/mol. The van der Waals surface area contributed by atoms with Gasteiger partial charge in [0.25, 0.3) is 0 Å². The quantitative estimate of drug-likeness (QED) is 0.330. The van der Waals surface area contributed by atoms with E-state index in [2.05, 4.69) is 47.0 Å². The standard InChI is InChI=1S/C20H37N5O2S2/c1-5-21-20(22-12-9-14-25(4)29(26,27)6-2)23-16-17-10-7-13-24(3)19(17)18-11-8-15-28-18/h8,11,15,17,19H,5-7,9-10,12-14,16H2,1-4H3,(H2,21,22,23). The van der Waals surface area contributed by atoms with Crippen LogP contribution in [0.2, 0.25) is 0 Å². The van der Waals surface area contributed by atoms with E-state index in [4.69, 9.17) is 4.99 Å². The third-order valence-electron chi connectivity index (χ3n) is 5.45. The van der Waals surface area contributed by atoms with Gasteiger partial charge in [-0.25, -0.2) is 12.7 Å². The van der Waals surface area contributed by atoms with Crippen LogP contribution in [-0.4, -0.2) is 76.2 Å². The Bertz CT molecular complexity index is 721. The normalized spacial score (nSPS) is 21.5. The van der Waals surface area contributed by atoms with Gasteiger partial charge in [0.1, 0.15) is 0 Å². The Morgan fingerprint density at radius 2 is 2.17 bits per heavy atom. The van der Waals surface area contributed by atoms with Crippen LogP contribution in [0, 0.1) is 5.92 Å². The molecule has 9 heteroatoms. The van der Waals surface area contributed by atoms with Gasteiger partial charge in [0.15, 0.2) is 5.96 Å². The largest absolute Gasteiger partial charge is 0.357 e. The summed E-state index contributed by atoms with van der Waals surface area (Å²) in [5.74, 6) is 1.46. The van der Waals surface area contributed by atoms with Gasteiger partial charge >= 0.3 is 0 Å². The molecule has 0 amide bonds. The Balaban J connectivity index is 1.90. The summed E-state index contributed by atoms with van der Waals surface area (Å²) in [6, 6.07) is 4.80. The number of likely N-dealkylation sites (tertiary alicyclic amines) is 1. The van der Waals surface area contributed by atoms with Crippen LogP contribution in [-0.2, 0) is 10.0 Å².